The number of carbonyl (C=O) groups excluding carboxylic acids is 2. The zero-order valence-electron chi connectivity index (χ0n) is 11.8. The van der Waals surface area contributed by atoms with Gasteiger partial charge in [0.2, 0.25) is 0 Å². The van der Waals surface area contributed by atoms with Crippen LogP contribution in [0.25, 0.3) is 21.3 Å². The Morgan fingerprint density at radius 2 is 1.96 bits per heavy atom. The van der Waals surface area contributed by atoms with Crippen LogP contribution in [0.5, 0.6) is 0 Å². The zero-order valence-corrected chi connectivity index (χ0v) is 12.6. The first-order valence-electron chi connectivity index (χ1n) is 6.46. The van der Waals surface area contributed by atoms with Gasteiger partial charge in [-0.25, -0.2) is 13.6 Å². The lowest BCUT2D eigenvalue weighted by atomic mass is 10.1. The molecule has 0 unspecified atom stereocenters. The van der Waals surface area contributed by atoms with Gasteiger partial charge in [0.25, 0.3) is 0 Å². The number of rotatable bonds is 3. The number of thiophene rings is 1. The molecule has 4 nitrogen and oxygen atoms in total. The van der Waals surface area contributed by atoms with E-state index in [9.17, 15) is 18.4 Å². The highest BCUT2D eigenvalue weighted by Crippen LogP contribution is 2.37. The van der Waals surface area contributed by atoms with E-state index in [0.29, 0.717) is 27.6 Å². The van der Waals surface area contributed by atoms with E-state index in [1.54, 1.807) is 6.07 Å². The zero-order chi connectivity index (χ0) is 16.6. The SMILES string of the molecule is COC(=O)c1sc2c(-c3cc(F)cc(F)c3)ccnc2c1C=O. The molecule has 0 aliphatic carbocycles. The number of pyridine rings is 1. The molecule has 0 saturated heterocycles. The lowest BCUT2D eigenvalue weighted by Crippen LogP contribution is -2.01. The molecule has 3 rings (SSSR count). The first kappa shape index (κ1) is 15.2. The predicted octanol–water partition coefficient (Wildman–Crippen LogP) is 3.84. The summed E-state index contributed by atoms with van der Waals surface area (Å²) >= 11 is 1.00. The molecule has 2 heterocycles. The minimum absolute atomic E-state index is 0.106. The Hall–Kier alpha value is -2.67. The summed E-state index contributed by atoms with van der Waals surface area (Å²) in [5, 5.41) is 0. The Labute approximate surface area is 133 Å². The van der Waals surface area contributed by atoms with Crippen molar-refractivity contribution in [3.8, 4) is 11.1 Å². The number of aromatic nitrogens is 1. The standard InChI is InChI=1S/C16H9F2NO3S/c1-22-16(21)15-12(7-20)13-14(23-15)11(2-3-19-13)8-4-9(17)6-10(18)5-8/h2-7H,1H3. The summed E-state index contributed by atoms with van der Waals surface area (Å²) in [6, 6.07) is 4.70. The Morgan fingerprint density at radius 3 is 2.57 bits per heavy atom. The van der Waals surface area contributed by atoms with Gasteiger partial charge in [0, 0.05) is 17.8 Å². The van der Waals surface area contributed by atoms with Gasteiger partial charge in [-0.15, -0.1) is 11.3 Å². The number of aldehydes is 1. The van der Waals surface area contributed by atoms with E-state index < -0.39 is 17.6 Å². The molecule has 2 aromatic heterocycles. The van der Waals surface area contributed by atoms with Crippen LogP contribution in [0, 0.1) is 11.6 Å². The molecular formula is C16H9F2NO3S. The minimum Gasteiger partial charge on any atom is -0.465 e. The number of fused-ring (bicyclic) bond motifs is 1. The molecule has 3 aromatic rings. The molecule has 0 amide bonds. The monoisotopic (exact) mass is 333 g/mol. The van der Waals surface area contributed by atoms with Gasteiger partial charge >= 0.3 is 5.97 Å². The average molecular weight is 333 g/mol. The van der Waals surface area contributed by atoms with Gasteiger partial charge in [-0.05, 0) is 23.8 Å². The third-order valence-electron chi connectivity index (χ3n) is 3.27. The fraction of sp³-hybridized carbons (Fsp3) is 0.0625. The van der Waals surface area contributed by atoms with Crippen LogP contribution in [-0.4, -0.2) is 24.3 Å². The Morgan fingerprint density at radius 1 is 1.26 bits per heavy atom. The van der Waals surface area contributed by atoms with Crippen molar-refractivity contribution in [3.63, 3.8) is 0 Å². The van der Waals surface area contributed by atoms with Crippen LogP contribution >= 0.6 is 11.3 Å². The largest absolute Gasteiger partial charge is 0.465 e. The highest BCUT2D eigenvalue weighted by molar-refractivity contribution is 7.21. The van der Waals surface area contributed by atoms with Crippen molar-refractivity contribution in [1.29, 1.82) is 0 Å². The predicted molar refractivity (Wildman–Crippen MR) is 81.7 cm³/mol. The van der Waals surface area contributed by atoms with E-state index in [4.69, 9.17) is 0 Å². The smallest absolute Gasteiger partial charge is 0.348 e. The number of carbonyl (C=O) groups is 2. The third-order valence-corrected chi connectivity index (χ3v) is 4.48. The minimum atomic E-state index is -0.717. The number of hydrogen-bond acceptors (Lipinski definition) is 5. The van der Waals surface area contributed by atoms with Crippen LogP contribution in [0.15, 0.2) is 30.5 Å². The second-order valence-corrected chi connectivity index (χ2v) is 5.67. The van der Waals surface area contributed by atoms with Gasteiger partial charge in [0.15, 0.2) is 6.29 Å². The molecule has 0 bridgehead atoms. The molecule has 1 aromatic carbocycles. The highest BCUT2D eigenvalue weighted by atomic mass is 32.1. The second kappa shape index (κ2) is 5.85. The van der Waals surface area contributed by atoms with E-state index in [2.05, 4.69) is 9.72 Å². The number of benzene rings is 1. The quantitative estimate of drug-likeness (QED) is 0.540. The van der Waals surface area contributed by atoms with Crippen LogP contribution in [0.2, 0.25) is 0 Å². The lowest BCUT2D eigenvalue weighted by molar-refractivity contribution is 0.0604. The number of methoxy groups -OCH3 is 1. The molecule has 0 radical (unpaired) electrons. The van der Waals surface area contributed by atoms with Gasteiger partial charge in [0.1, 0.15) is 16.5 Å². The topological polar surface area (TPSA) is 56.3 Å². The van der Waals surface area contributed by atoms with Crippen LogP contribution in [0.3, 0.4) is 0 Å². The number of halogens is 2. The van der Waals surface area contributed by atoms with Crippen LogP contribution in [0.1, 0.15) is 20.0 Å². The maximum atomic E-state index is 13.5. The van der Waals surface area contributed by atoms with Gasteiger partial charge in [0.05, 0.1) is 22.9 Å². The van der Waals surface area contributed by atoms with Gasteiger partial charge in [-0.2, -0.15) is 0 Å². The van der Waals surface area contributed by atoms with Crippen molar-refractivity contribution in [3.05, 3.63) is 52.5 Å². The normalized spacial score (nSPS) is 10.7. The van der Waals surface area contributed by atoms with Crippen molar-refractivity contribution in [2.75, 3.05) is 7.11 Å². The molecule has 0 N–H and O–H groups in total. The Balaban J connectivity index is 2.33. The molecular weight excluding hydrogens is 324 g/mol. The second-order valence-electron chi connectivity index (χ2n) is 4.65. The summed E-state index contributed by atoms with van der Waals surface area (Å²) < 4.78 is 32.1. The summed E-state index contributed by atoms with van der Waals surface area (Å²) in [6.07, 6.45) is 1.94. The molecule has 23 heavy (non-hydrogen) atoms. The van der Waals surface area contributed by atoms with Crippen LogP contribution < -0.4 is 0 Å². The molecule has 0 spiro atoms. The molecule has 116 valence electrons. The molecule has 0 saturated carbocycles. The van der Waals surface area contributed by atoms with Crippen molar-refractivity contribution < 1.29 is 23.1 Å². The Bertz CT molecular complexity index is 916. The number of nitrogens with zero attached hydrogens (tertiary/aromatic N) is 1. The first-order valence-corrected chi connectivity index (χ1v) is 7.28. The van der Waals surface area contributed by atoms with Crippen molar-refractivity contribution in [2.24, 2.45) is 0 Å². The average Bonchev–Trinajstić information content (AvgIpc) is 2.91. The molecule has 0 aliphatic rings. The van der Waals surface area contributed by atoms with E-state index >= 15 is 0 Å². The third kappa shape index (κ3) is 2.59. The summed E-state index contributed by atoms with van der Waals surface area (Å²) in [6.45, 7) is 0. The van der Waals surface area contributed by atoms with E-state index in [0.717, 1.165) is 17.4 Å². The van der Waals surface area contributed by atoms with Crippen molar-refractivity contribution in [1.82, 2.24) is 4.98 Å². The summed E-state index contributed by atoms with van der Waals surface area (Å²) in [5.74, 6) is -2.10. The molecule has 7 heteroatoms. The Kier molecular flexibility index (Phi) is 3.87. The fourth-order valence-electron chi connectivity index (χ4n) is 2.30. The summed E-state index contributed by atoms with van der Waals surface area (Å²) in [7, 11) is 1.21. The maximum Gasteiger partial charge on any atom is 0.348 e. The lowest BCUT2D eigenvalue weighted by Gasteiger charge is -2.04. The van der Waals surface area contributed by atoms with Gasteiger partial charge < -0.3 is 4.74 Å². The number of hydrogen-bond donors (Lipinski definition) is 0. The van der Waals surface area contributed by atoms with E-state index in [1.807, 2.05) is 0 Å². The van der Waals surface area contributed by atoms with Crippen LogP contribution in [0.4, 0.5) is 8.78 Å². The fourth-order valence-corrected chi connectivity index (χ4v) is 3.48. The molecule has 0 aliphatic heterocycles. The van der Waals surface area contributed by atoms with E-state index in [1.165, 1.54) is 25.4 Å². The van der Waals surface area contributed by atoms with Crippen LogP contribution in [-0.2, 0) is 4.74 Å². The molecule has 0 fully saturated rings. The van der Waals surface area contributed by atoms with Crippen molar-refractivity contribution in [2.45, 2.75) is 0 Å². The molecule has 0 atom stereocenters. The maximum absolute atomic E-state index is 13.5. The first-order chi connectivity index (χ1) is 11.0. The van der Waals surface area contributed by atoms with Gasteiger partial charge in [-0.1, -0.05) is 0 Å². The van der Waals surface area contributed by atoms with E-state index in [-0.39, 0.29) is 10.4 Å². The highest BCUT2D eigenvalue weighted by Gasteiger charge is 2.22. The van der Waals surface area contributed by atoms with Crippen molar-refractivity contribution >= 4 is 33.8 Å². The number of esters is 1. The summed E-state index contributed by atoms with van der Waals surface area (Å²) in [4.78, 5) is 27.3. The van der Waals surface area contributed by atoms with Gasteiger partial charge in [-0.3, -0.25) is 9.78 Å². The number of ether oxygens (including phenoxy) is 1. The summed E-state index contributed by atoms with van der Waals surface area (Å²) in [5.41, 5.74) is 1.19.